The van der Waals surface area contributed by atoms with E-state index in [4.69, 9.17) is 8.92 Å². The SMILES string of the molecule is C[C@H]1[CH-]OC(Sc2ccc(OS(C)(=O)=O)cc2)C1.[Cs+]. The third-order valence-corrected chi connectivity index (χ3v) is 3.97. The fourth-order valence-corrected chi connectivity index (χ4v) is 3.19. The van der Waals surface area contributed by atoms with E-state index in [1.165, 1.54) is 0 Å². The van der Waals surface area contributed by atoms with E-state index in [1.807, 2.05) is 18.7 Å². The summed E-state index contributed by atoms with van der Waals surface area (Å²) in [7, 11) is -3.46. The Bertz CT molecular complexity index is 501. The zero-order valence-electron chi connectivity index (χ0n) is 11.2. The molecule has 0 aliphatic carbocycles. The summed E-state index contributed by atoms with van der Waals surface area (Å²) >= 11 is 1.62. The summed E-state index contributed by atoms with van der Waals surface area (Å²) in [5.41, 5.74) is 0.140. The average molecular weight is 420 g/mol. The standard InChI is InChI=1S/C12H15O4S2.Cs/c1-9-7-12(15-8-9)17-11-5-3-10(4-6-11)16-18(2,13)14;/h3-6,8-9,12H,7H2,1-2H3;/q-1;+1/t9-,12?;/m1./s1. The Hall–Kier alpha value is 1.33. The summed E-state index contributed by atoms with van der Waals surface area (Å²) in [6, 6.07) is 6.95. The van der Waals surface area contributed by atoms with E-state index in [9.17, 15) is 8.42 Å². The molecule has 1 aliphatic heterocycles. The molecule has 0 aromatic heterocycles. The first-order valence-electron chi connectivity index (χ1n) is 5.57. The predicted molar refractivity (Wildman–Crippen MR) is 70.7 cm³/mol. The summed E-state index contributed by atoms with van der Waals surface area (Å²) in [5, 5.41) is 0. The van der Waals surface area contributed by atoms with Crippen molar-refractivity contribution in [2.24, 2.45) is 5.92 Å². The zero-order chi connectivity index (χ0) is 13.2. The third-order valence-electron chi connectivity index (χ3n) is 2.37. The van der Waals surface area contributed by atoms with Crippen LogP contribution in [-0.4, -0.2) is 20.1 Å². The van der Waals surface area contributed by atoms with Crippen LogP contribution in [0.2, 0.25) is 0 Å². The van der Waals surface area contributed by atoms with E-state index in [0.717, 1.165) is 17.6 Å². The topological polar surface area (TPSA) is 52.6 Å². The summed E-state index contributed by atoms with van der Waals surface area (Å²) < 4.78 is 32.2. The molecule has 0 radical (unpaired) electrons. The van der Waals surface area contributed by atoms with Gasteiger partial charge in [0.05, 0.1) is 11.7 Å². The molecule has 0 spiro atoms. The smallest absolute Gasteiger partial charge is 0.542 e. The van der Waals surface area contributed by atoms with E-state index < -0.39 is 10.1 Å². The van der Waals surface area contributed by atoms with Gasteiger partial charge in [0.15, 0.2) is 0 Å². The molecule has 1 saturated heterocycles. The van der Waals surface area contributed by atoms with E-state index in [1.54, 1.807) is 23.9 Å². The molecule has 0 saturated carbocycles. The largest absolute Gasteiger partial charge is 1.00 e. The molecular weight excluding hydrogens is 405 g/mol. The first-order chi connectivity index (χ1) is 8.42. The van der Waals surface area contributed by atoms with Gasteiger partial charge in [0.25, 0.3) is 0 Å². The fourth-order valence-electron chi connectivity index (χ4n) is 1.61. The van der Waals surface area contributed by atoms with Crippen molar-refractivity contribution in [3.63, 3.8) is 0 Å². The summed E-state index contributed by atoms with van der Waals surface area (Å²) in [6.07, 6.45) is 2.02. The number of hydrogen-bond donors (Lipinski definition) is 0. The van der Waals surface area contributed by atoms with Gasteiger partial charge in [0.2, 0.25) is 0 Å². The Morgan fingerprint density at radius 3 is 2.47 bits per heavy atom. The number of ether oxygens (including phenoxy) is 1. The van der Waals surface area contributed by atoms with Crippen LogP contribution in [0.1, 0.15) is 13.3 Å². The normalized spacial score (nSPS) is 22.8. The molecule has 1 unspecified atom stereocenters. The van der Waals surface area contributed by atoms with Gasteiger partial charge in [-0.15, -0.1) is 5.92 Å². The Morgan fingerprint density at radius 2 is 2.00 bits per heavy atom. The first kappa shape index (κ1) is 18.4. The van der Waals surface area contributed by atoms with Crippen molar-refractivity contribution in [3.8, 4) is 5.75 Å². The molecule has 19 heavy (non-hydrogen) atoms. The van der Waals surface area contributed by atoms with Gasteiger partial charge in [-0.05, 0) is 30.7 Å². The molecular formula is C12H15CsO4S2. The third kappa shape index (κ3) is 6.75. The van der Waals surface area contributed by atoms with Crippen molar-refractivity contribution < 1.29 is 86.2 Å². The average Bonchev–Trinajstić information content (AvgIpc) is 2.65. The number of thioether (sulfide) groups is 1. The second-order valence-electron chi connectivity index (χ2n) is 4.29. The monoisotopic (exact) mass is 420 g/mol. The second-order valence-corrected chi connectivity index (χ2v) is 7.10. The van der Waals surface area contributed by atoms with Gasteiger partial charge in [0.1, 0.15) is 5.75 Å². The maximum absolute atomic E-state index is 10.9. The van der Waals surface area contributed by atoms with Gasteiger partial charge in [-0.2, -0.15) is 8.42 Å². The molecule has 2 rings (SSSR count). The number of rotatable bonds is 4. The first-order valence-corrected chi connectivity index (χ1v) is 8.27. The molecule has 100 valence electrons. The van der Waals surface area contributed by atoms with Crippen molar-refractivity contribution in [1.29, 1.82) is 0 Å². The Kier molecular flexibility index (Phi) is 7.83. The Morgan fingerprint density at radius 1 is 1.37 bits per heavy atom. The molecule has 2 atom stereocenters. The van der Waals surface area contributed by atoms with Crippen molar-refractivity contribution in [3.05, 3.63) is 30.9 Å². The minimum Gasteiger partial charge on any atom is -0.542 e. The maximum Gasteiger partial charge on any atom is 1.00 e. The molecule has 0 N–H and O–H groups in total. The van der Waals surface area contributed by atoms with Gasteiger partial charge in [-0.3, -0.25) is 0 Å². The minimum absolute atomic E-state index is 0. The van der Waals surface area contributed by atoms with Crippen molar-refractivity contribution >= 4 is 21.9 Å². The summed E-state index contributed by atoms with van der Waals surface area (Å²) in [6.45, 7) is 3.97. The molecule has 1 fully saturated rings. The quantitative estimate of drug-likeness (QED) is 0.493. The van der Waals surface area contributed by atoms with E-state index in [-0.39, 0.29) is 74.3 Å². The van der Waals surface area contributed by atoms with E-state index in [0.29, 0.717) is 11.7 Å². The van der Waals surface area contributed by atoms with Gasteiger partial charge in [-0.1, -0.05) is 18.7 Å². The number of benzene rings is 1. The van der Waals surface area contributed by atoms with Crippen molar-refractivity contribution in [1.82, 2.24) is 0 Å². The van der Waals surface area contributed by atoms with Crippen molar-refractivity contribution in [2.45, 2.75) is 23.7 Å². The summed E-state index contributed by atoms with van der Waals surface area (Å²) in [5.74, 6) is 0.810. The molecule has 1 heterocycles. The molecule has 1 aromatic rings. The predicted octanol–water partition coefficient (Wildman–Crippen LogP) is -0.335. The van der Waals surface area contributed by atoms with Crippen molar-refractivity contribution in [2.75, 3.05) is 6.26 Å². The molecule has 1 aromatic carbocycles. The van der Waals surface area contributed by atoms with Crippen LogP contribution >= 0.6 is 11.8 Å². The van der Waals surface area contributed by atoms with E-state index >= 15 is 0 Å². The Labute approximate surface area is 177 Å². The zero-order valence-corrected chi connectivity index (χ0v) is 19.1. The maximum atomic E-state index is 10.9. The van der Waals surface area contributed by atoms with Gasteiger partial charge in [-0.25, -0.2) is 6.61 Å². The van der Waals surface area contributed by atoms with Crippen LogP contribution in [0.4, 0.5) is 0 Å². The summed E-state index contributed by atoms with van der Waals surface area (Å²) in [4.78, 5) is 1.03. The molecule has 1 aliphatic rings. The minimum atomic E-state index is -3.46. The van der Waals surface area contributed by atoms with Crippen LogP contribution < -0.4 is 73.1 Å². The van der Waals surface area contributed by atoms with E-state index in [2.05, 4.69) is 6.92 Å². The molecule has 4 nitrogen and oxygen atoms in total. The van der Waals surface area contributed by atoms with Gasteiger partial charge in [0, 0.05) is 4.90 Å². The van der Waals surface area contributed by atoms with Crippen LogP contribution in [0.3, 0.4) is 0 Å². The van der Waals surface area contributed by atoms with Crippen LogP contribution in [0.25, 0.3) is 0 Å². The Balaban J connectivity index is 0.00000180. The number of hydrogen-bond acceptors (Lipinski definition) is 5. The van der Waals surface area contributed by atoms with Crippen LogP contribution in [0, 0.1) is 12.5 Å². The van der Waals surface area contributed by atoms with Crippen LogP contribution in [-0.2, 0) is 14.9 Å². The molecule has 0 amide bonds. The molecule has 0 bridgehead atoms. The van der Waals surface area contributed by atoms with Gasteiger partial charge >= 0.3 is 79.0 Å². The van der Waals surface area contributed by atoms with Crippen LogP contribution in [0.5, 0.6) is 5.75 Å². The second kappa shape index (κ2) is 8.09. The molecule has 7 heteroatoms. The van der Waals surface area contributed by atoms with Gasteiger partial charge < -0.3 is 8.92 Å². The van der Waals surface area contributed by atoms with Crippen LogP contribution in [0.15, 0.2) is 29.2 Å². The fraction of sp³-hybridized carbons (Fsp3) is 0.417.